The maximum atomic E-state index is 5.89. The average Bonchev–Trinajstić information content (AvgIpc) is 3.15. The van der Waals surface area contributed by atoms with Gasteiger partial charge in [-0.05, 0) is 37.3 Å². The van der Waals surface area contributed by atoms with E-state index in [0.29, 0.717) is 12.0 Å². The molecule has 1 aliphatic rings. The van der Waals surface area contributed by atoms with E-state index in [1.54, 1.807) is 0 Å². The number of hydrogen-bond acceptors (Lipinski definition) is 2. The van der Waals surface area contributed by atoms with E-state index in [4.69, 9.17) is 5.73 Å². The summed E-state index contributed by atoms with van der Waals surface area (Å²) in [6, 6.07) is 11.3. The van der Waals surface area contributed by atoms with Crippen LogP contribution < -0.4 is 5.73 Å². The minimum atomic E-state index is 0.578. The summed E-state index contributed by atoms with van der Waals surface area (Å²) in [7, 11) is 2.22. The van der Waals surface area contributed by atoms with E-state index in [-0.39, 0.29) is 0 Å². The first kappa shape index (κ1) is 12.6. The molecule has 0 aromatic heterocycles. The molecule has 0 radical (unpaired) electrons. The Labute approximate surface area is 105 Å². The second kappa shape index (κ2) is 5.65. The fraction of sp³-hybridized carbons (Fsp3) is 0.600. The third kappa shape index (κ3) is 3.30. The standard InChI is InChI=1S/C15H24N2/c1-12(13-6-4-3-5-7-13)11-17(2)15(10-16)14-8-9-14/h3-7,12,14-15H,8-11,16H2,1-2H3. The number of nitrogens with two attached hydrogens (primary N) is 1. The third-order valence-electron chi connectivity index (χ3n) is 3.90. The number of rotatable bonds is 6. The molecule has 0 spiro atoms. The summed E-state index contributed by atoms with van der Waals surface area (Å²) in [5.74, 6) is 1.43. The Bertz CT molecular complexity index is 332. The summed E-state index contributed by atoms with van der Waals surface area (Å²) in [5, 5.41) is 0. The van der Waals surface area contributed by atoms with E-state index in [9.17, 15) is 0 Å². The van der Waals surface area contributed by atoms with Crippen molar-refractivity contribution >= 4 is 0 Å². The molecule has 0 aliphatic heterocycles. The second-order valence-electron chi connectivity index (χ2n) is 5.39. The highest BCUT2D eigenvalue weighted by atomic mass is 15.1. The summed E-state index contributed by atoms with van der Waals surface area (Å²) in [6.45, 7) is 4.19. The molecule has 0 bridgehead atoms. The minimum absolute atomic E-state index is 0.578. The van der Waals surface area contributed by atoms with Crippen LogP contribution in [0.15, 0.2) is 30.3 Å². The first-order chi connectivity index (χ1) is 8.22. The maximum Gasteiger partial charge on any atom is 0.0243 e. The van der Waals surface area contributed by atoms with E-state index >= 15 is 0 Å². The molecule has 1 saturated carbocycles. The molecule has 2 atom stereocenters. The van der Waals surface area contributed by atoms with Crippen LogP contribution in [0.2, 0.25) is 0 Å². The number of benzene rings is 1. The van der Waals surface area contributed by atoms with Crippen molar-refractivity contribution in [3.8, 4) is 0 Å². The summed E-state index contributed by atoms with van der Waals surface area (Å²) >= 11 is 0. The van der Waals surface area contributed by atoms with Gasteiger partial charge >= 0.3 is 0 Å². The van der Waals surface area contributed by atoms with Gasteiger partial charge in [0.05, 0.1) is 0 Å². The van der Waals surface area contributed by atoms with E-state index in [2.05, 4.69) is 49.2 Å². The predicted octanol–water partition coefficient (Wildman–Crippen LogP) is 2.46. The molecule has 0 amide bonds. The highest BCUT2D eigenvalue weighted by Gasteiger charge is 2.33. The van der Waals surface area contributed by atoms with Crippen molar-refractivity contribution in [3.63, 3.8) is 0 Å². The lowest BCUT2D eigenvalue weighted by atomic mass is 9.99. The van der Waals surface area contributed by atoms with Crippen molar-refractivity contribution < 1.29 is 0 Å². The summed E-state index contributed by atoms with van der Waals surface area (Å²) < 4.78 is 0. The van der Waals surface area contributed by atoms with Gasteiger partial charge in [0.15, 0.2) is 0 Å². The van der Waals surface area contributed by atoms with Gasteiger partial charge in [-0.25, -0.2) is 0 Å². The van der Waals surface area contributed by atoms with E-state index < -0.39 is 0 Å². The zero-order valence-electron chi connectivity index (χ0n) is 11.0. The molecule has 0 heterocycles. The Kier molecular flexibility index (Phi) is 4.19. The zero-order chi connectivity index (χ0) is 12.3. The molecule has 1 fully saturated rings. The third-order valence-corrected chi connectivity index (χ3v) is 3.90. The Hall–Kier alpha value is -0.860. The van der Waals surface area contributed by atoms with Gasteiger partial charge in [0.1, 0.15) is 0 Å². The fourth-order valence-corrected chi connectivity index (χ4v) is 2.67. The molecule has 0 saturated heterocycles. The van der Waals surface area contributed by atoms with Gasteiger partial charge in [0.25, 0.3) is 0 Å². The topological polar surface area (TPSA) is 29.3 Å². The van der Waals surface area contributed by atoms with Crippen molar-refractivity contribution in [2.45, 2.75) is 31.7 Å². The lowest BCUT2D eigenvalue weighted by Crippen LogP contribution is -2.41. The van der Waals surface area contributed by atoms with Crippen LogP contribution in [0.1, 0.15) is 31.2 Å². The Morgan fingerprint density at radius 2 is 1.94 bits per heavy atom. The molecular weight excluding hydrogens is 208 g/mol. The SMILES string of the molecule is CC(CN(C)C(CN)C1CC1)c1ccccc1. The monoisotopic (exact) mass is 232 g/mol. The second-order valence-corrected chi connectivity index (χ2v) is 5.39. The van der Waals surface area contributed by atoms with Gasteiger partial charge in [-0.15, -0.1) is 0 Å². The van der Waals surface area contributed by atoms with E-state index in [1.165, 1.54) is 18.4 Å². The summed E-state index contributed by atoms with van der Waals surface area (Å²) in [6.07, 6.45) is 2.73. The average molecular weight is 232 g/mol. The van der Waals surface area contributed by atoms with E-state index in [0.717, 1.165) is 19.0 Å². The van der Waals surface area contributed by atoms with Crippen molar-refractivity contribution in [3.05, 3.63) is 35.9 Å². The van der Waals surface area contributed by atoms with Crippen LogP contribution >= 0.6 is 0 Å². The van der Waals surface area contributed by atoms with Gasteiger partial charge in [-0.1, -0.05) is 37.3 Å². The van der Waals surface area contributed by atoms with Crippen LogP contribution in [0.4, 0.5) is 0 Å². The quantitative estimate of drug-likeness (QED) is 0.816. The highest BCUT2D eigenvalue weighted by Crippen LogP contribution is 2.35. The summed E-state index contributed by atoms with van der Waals surface area (Å²) in [5.41, 5.74) is 7.31. The molecule has 1 aromatic rings. The predicted molar refractivity (Wildman–Crippen MR) is 73.1 cm³/mol. The minimum Gasteiger partial charge on any atom is -0.329 e. The fourth-order valence-electron chi connectivity index (χ4n) is 2.67. The van der Waals surface area contributed by atoms with Gasteiger partial charge in [0, 0.05) is 19.1 Å². The zero-order valence-corrected chi connectivity index (χ0v) is 11.0. The van der Waals surface area contributed by atoms with Crippen molar-refractivity contribution in [1.29, 1.82) is 0 Å². The van der Waals surface area contributed by atoms with E-state index in [1.807, 2.05) is 0 Å². The van der Waals surface area contributed by atoms with Crippen molar-refractivity contribution in [2.24, 2.45) is 11.7 Å². The number of nitrogens with zero attached hydrogens (tertiary/aromatic N) is 1. The highest BCUT2D eigenvalue weighted by molar-refractivity contribution is 5.19. The number of hydrogen-bond donors (Lipinski definition) is 1. The lowest BCUT2D eigenvalue weighted by Gasteiger charge is -2.29. The van der Waals surface area contributed by atoms with Crippen LogP contribution in [-0.2, 0) is 0 Å². The van der Waals surface area contributed by atoms with Crippen LogP contribution in [0.3, 0.4) is 0 Å². The number of likely N-dealkylation sites (N-methyl/N-ethyl adjacent to an activating group) is 1. The molecule has 2 unspecified atom stereocenters. The normalized spacial score (nSPS) is 19.3. The molecule has 2 heteroatoms. The molecule has 1 aliphatic carbocycles. The van der Waals surface area contributed by atoms with Gasteiger partial charge < -0.3 is 10.6 Å². The largest absolute Gasteiger partial charge is 0.329 e. The van der Waals surface area contributed by atoms with Gasteiger partial charge in [-0.3, -0.25) is 0 Å². The molecule has 1 aromatic carbocycles. The van der Waals surface area contributed by atoms with Crippen molar-refractivity contribution in [2.75, 3.05) is 20.1 Å². The Balaban J connectivity index is 1.91. The Morgan fingerprint density at radius 1 is 1.29 bits per heavy atom. The first-order valence-electron chi connectivity index (χ1n) is 6.67. The summed E-state index contributed by atoms with van der Waals surface area (Å²) in [4.78, 5) is 2.45. The van der Waals surface area contributed by atoms with Crippen LogP contribution in [-0.4, -0.2) is 31.1 Å². The van der Waals surface area contributed by atoms with Crippen molar-refractivity contribution in [1.82, 2.24) is 4.90 Å². The Morgan fingerprint density at radius 3 is 2.47 bits per heavy atom. The lowest BCUT2D eigenvalue weighted by molar-refractivity contribution is 0.214. The van der Waals surface area contributed by atoms with Crippen LogP contribution in [0.5, 0.6) is 0 Å². The molecular formula is C15H24N2. The van der Waals surface area contributed by atoms with Crippen LogP contribution in [0.25, 0.3) is 0 Å². The molecule has 2 rings (SSSR count). The molecule has 2 N–H and O–H groups in total. The first-order valence-corrected chi connectivity index (χ1v) is 6.67. The van der Waals surface area contributed by atoms with Crippen LogP contribution in [0, 0.1) is 5.92 Å². The molecule has 2 nitrogen and oxygen atoms in total. The maximum absolute atomic E-state index is 5.89. The van der Waals surface area contributed by atoms with Gasteiger partial charge in [0.2, 0.25) is 0 Å². The molecule has 17 heavy (non-hydrogen) atoms. The molecule has 94 valence electrons. The smallest absolute Gasteiger partial charge is 0.0243 e. The van der Waals surface area contributed by atoms with Gasteiger partial charge in [-0.2, -0.15) is 0 Å².